The van der Waals surface area contributed by atoms with Crippen molar-refractivity contribution in [2.24, 2.45) is 0 Å². The molecule has 138 valence electrons. The molecule has 2 aromatic carbocycles. The molecule has 2 aromatic rings. The predicted octanol–water partition coefficient (Wildman–Crippen LogP) is 2.45. The summed E-state index contributed by atoms with van der Waals surface area (Å²) in [6.45, 7) is 0. The molecule has 0 heterocycles. The molecule has 2 rings (SSSR count). The SMILES string of the molecule is COc1ccc(OC)c(CCC(=O)N[C@H](Cc2ccccc2)C(=O)O)c1. The van der Waals surface area contributed by atoms with Crippen LogP contribution in [0.3, 0.4) is 0 Å². The molecule has 1 atom stereocenters. The quantitative estimate of drug-likeness (QED) is 0.720. The second kappa shape index (κ2) is 9.46. The number of carbonyl (C=O) groups is 2. The van der Waals surface area contributed by atoms with Gasteiger partial charge in [-0.05, 0) is 35.7 Å². The van der Waals surface area contributed by atoms with Gasteiger partial charge in [-0.1, -0.05) is 30.3 Å². The number of carbonyl (C=O) groups excluding carboxylic acids is 1. The highest BCUT2D eigenvalue weighted by Crippen LogP contribution is 2.25. The van der Waals surface area contributed by atoms with Crippen molar-refractivity contribution in [3.8, 4) is 11.5 Å². The van der Waals surface area contributed by atoms with Gasteiger partial charge in [0.2, 0.25) is 5.91 Å². The average molecular weight is 357 g/mol. The Bertz CT molecular complexity index is 745. The van der Waals surface area contributed by atoms with E-state index in [0.717, 1.165) is 11.1 Å². The zero-order valence-corrected chi connectivity index (χ0v) is 14.9. The highest BCUT2D eigenvalue weighted by molar-refractivity contribution is 5.83. The van der Waals surface area contributed by atoms with Crippen LogP contribution in [0.25, 0.3) is 0 Å². The predicted molar refractivity (Wildman–Crippen MR) is 97.6 cm³/mol. The molecule has 0 saturated carbocycles. The minimum atomic E-state index is -1.05. The van der Waals surface area contributed by atoms with E-state index in [1.165, 1.54) is 0 Å². The molecule has 1 amide bonds. The minimum absolute atomic E-state index is 0.155. The van der Waals surface area contributed by atoms with Gasteiger partial charge in [0.05, 0.1) is 14.2 Å². The summed E-state index contributed by atoms with van der Waals surface area (Å²) in [6.07, 6.45) is 0.816. The van der Waals surface area contributed by atoms with Crippen molar-refractivity contribution >= 4 is 11.9 Å². The first-order chi connectivity index (χ1) is 12.5. The smallest absolute Gasteiger partial charge is 0.326 e. The molecular weight excluding hydrogens is 334 g/mol. The Kier molecular flexibility index (Phi) is 7.02. The highest BCUT2D eigenvalue weighted by atomic mass is 16.5. The van der Waals surface area contributed by atoms with E-state index in [1.54, 1.807) is 26.4 Å². The van der Waals surface area contributed by atoms with Crippen molar-refractivity contribution in [2.45, 2.75) is 25.3 Å². The fourth-order valence-corrected chi connectivity index (χ4v) is 2.64. The second-order valence-corrected chi connectivity index (χ2v) is 5.83. The standard InChI is InChI=1S/C20H23NO5/c1-25-16-9-10-18(26-2)15(13-16)8-11-19(22)21-17(20(23)24)12-14-6-4-3-5-7-14/h3-7,9-10,13,17H,8,11-12H2,1-2H3,(H,21,22)(H,23,24)/t17-/m1/s1. The van der Waals surface area contributed by atoms with Crippen LogP contribution in [0.1, 0.15) is 17.5 Å². The maximum Gasteiger partial charge on any atom is 0.326 e. The lowest BCUT2D eigenvalue weighted by atomic mass is 10.0. The number of amides is 1. The van der Waals surface area contributed by atoms with Gasteiger partial charge in [0, 0.05) is 12.8 Å². The number of carboxylic acid groups (broad SMARTS) is 1. The lowest BCUT2D eigenvalue weighted by Gasteiger charge is -2.15. The summed E-state index contributed by atoms with van der Waals surface area (Å²) >= 11 is 0. The van der Waals surface area contributed by atoms with Gasteiger partial charge in [0.15, 0.2) is 0 Å². The van der Waals surface area contributed by atoms with E-state index in [2.05, 4.69) is 5.32 Å². The summed E-state index contributed by atoms with van der Waals surface area (Å²) < 4.78 is 10.5. The Morgan fingerprint density at radius 3 is 2.42 bits per heavy atom. The molecule has 0 radical (unpaired) electrons. The number of methoxy groups -OCH3 is 2. The number of rotatable bonds is 9. The Morgan fingerprint density at radius 1 is 1.08 bits per heavy atom. The molecule has 0 aliphatic carbocycles. The van der Waals surface area contributed by atoms with Crippen molar-refractivity contribution in [1.29, 1.82) is 0 Å². The van der Waals surface area contributed by atoms with E-state index in [1.807, 2.05) is 36.4 Å². The van der Waals surface area contributed by atoms with Gasteiger partial charge in [-0.2, -0.15) is 0 Å². The molecule has 0 aliphatic heterocycles. The average Bonchev–Trinajstić information content (AvgIpc) is 2.66. The first kappa shape index (κ1) is 19.3. The van der Waals surface area contributed by atoms with E-state index in [0.29, 0.717) is 17.9 Å². The van der Waals surface area contributed by atoms with Gasteiger partial charge in [-0.25, -0.2) is 4.79 Å². The van der Waals surface area contributed by atoms with E-state index in [4.69, 9.17) is 9.47 Å². The molecule has 0 aliphatic rings. The van der Waals surface area contributed by atoms with Crippen LogP contribution in [0.2, 0.25) is 0 Å². The maximum atomic E-state index is 12.2. The Morgan fingerprint density at radius 2 is 1.81 bits per heavy atom. The third kappa shape index (κ3) is 5.51. The van der Waals surface area contributed by atoms with Crippen LogP contribution in [0.15, 0.2) is 48.5 Å². The van der Waals surface area contributed by atoms with Gasteiger partial charge in [-0.15, -0.1) is 0 Å². The van der Waals surface area contributed by atoms with E-state index < -0.39 is 12.0 Å². The zero-order chi connectivity index (χ0) is 18.9. The number of hydrogen-bond acceptors (Lipinski definition) is 4. The van der Waals surface area contributed by atoms with E-state index in [-0.39, 0.29) is 18.7 Å². The number of aliphatic carboxylic acids is 1. The summed E-state index contributed by atoms with van der Waals surface area (Å²) in [4.78, 5) is 23.7. The number of aryl methyl sites for hydroxylation is 1. The van der Waals surface area contributed by atoms with Crippen molar-refractivity contribution in [3.63, 3.8) is 0 Å². The molecule has 6 heteroatoms. The Hall–Kier alpha value is -3.02. The Labute approximate surface area is 152 Å². The van der Waals surface area contributed by atoms with Crippen molar-refractivity contribution in [1.82, 2.24) is 5.32 Å². The molecular formula is C20H23NO5. The van der Waals surface area contributed by atoms with Crippen LogP contribution < -0.4 is 14.8 Å². The van der Waals surface area contributed by atoms with Gasteiger partial charge in [0.25, 0.3) is 0 Å². The topological polar surface area (TPSA) is 84.9 Å². The third-order valence-electron chi connectivity index (χ3n) is 4.02. The lowest BCUT2D eigenvalue weighted by molar-refractivity contribution is -0.141. The fourth-order valence-electron chi connectivity index (χ4n) is 2.64. The van der Waals surface area contributed by atoms with Crippen LogP contribution in [0, 0.1) is 0 Å². The van der Waals surface area contributed by atoms with Crippen LogP contribution in [-0.4, -0.2) is 37.2 Å². The molecule has 6 nitrogen and oxygen atoms in total. The maximum absolute atomic E-state index is 12.2. The molecule has 26 heavy (non-hydrogen) atoms. The summed E-state index contributed by atoms with van der Waals surface area (Å²) in [5.41, 5.74) is 1.69. The monoisotopic (exact) mass is 357 g/mol. The van der Waals surface area contributed by atoms with Gasteiger partial charge >= 0.3 is 5.97 Å². The molecule has 2 N–H and O–H groups in total. The van der Waals surface area contributed by atoms with Gasteiger partial charge < -0.3 is 19.9 Å². The van der Waals surface area contributed by atoms with Crippen LogP contribution in [-0.2, 0) is 22.4 Å². The first-order valence-electron chi connectivity index (χ1n) is 8.30. The summed E-state index contributed by atoms with van der Waals surface area (Å²) in [6, 6.07) is 13.6. The van der Waals surface area contributed by atoms with E-state index in [9.17, 15) is 14.7 Å². The molecule has 0 saturated heterocycles. The number of hydrogen-bond donors (Lipinski definition) is 2. The van der Waals surface area contributed by atoms with Crippen molar-refractivity contribution < 1.29 is 24.2 Å². The second-order valence-electron chi connectivity index (χ2n) is 5.83. The largest absolute Gasteiger partial charge is 0.497 e. The van der Waals surface area contributed by atoms with Crippen LogP contribution in [0.5, 0.6) is 11.5 Å². The molecule has 0 aromatic heterocycles. The third-order valence-corrected chi connectivity index (χ3v) is 4.02. The molecule has 0 unspecified atom stereocenters. The highest BCUT2D eigenvalue weighted by Gasteiger charge is 2.20. The minimum Gasteiger partial charge on any atom is -0.497 e. The number of nitrogens with one attached hydrogen (secondary N) is 1. The summed E-state index contributed by atoms with van der Waals surface area (Å²) in [7, 11) is 3.13. The van der Waals surface area contributed by atoms with Crippen molar-refractivity contribution in [2.75, 3.05) is 14.2 Å². The number of carboxylic acids is 1. The van der Waals surface area contributed by atoms with Crippen LogP contribution >= 0.6 is 0 Å². The van der Waals surface area contributed by atoms with Crippen LogP contribution in [0.4, 0.5) is 0 Å². The van der Waals surface area contributed by atoms with Crippen molar-refractivity contribution in [3.05, 3.63) is 59.7 Å². The molecule has 0 bridgehead atoms. The van der Waals surface area contributed by atoms with Gasteiger partial charge in [0.1, 0.15) is 17.5 Å². The summed E-state index contributed by atoms with van der Waals surface area (Å²) in [5, 5.41) is 12.0. The van der Waals surface area contributed by atoms with Gasteiger partial charge in [-0.3, -0.25) is 4.79 Å². The van der Waals surface area contributed by atoms with E-state index >= 15 is 0 Å². The molecule has 0 fully saturated rings. The Balaban J connectivity index is 1.97. The normalized spacial score (nSPS) is 11.5. The fraction of sp³-hybridized carbons (Fsp3) is 0.300. The number of ether oxygens (including phenoxy) is 2. The zero-order valence-electron chi connectivity index (χ0n) is 14.9. The molecule has 0 spiro atoms. The summed E-state index contributed by atoms with van der Waals surface area (Å²) in [5.74, 6) is -0.0364. The number of benzene rings is 2. The first-order valence-corrected chi connectivity index (χ1v) is 8.30. The lowest BCUT2D eigenvalue weighted by Crippen LogP contribution is -2.42.